The molecule has 2 aromatic rings. The van der Waals surface area contributed by atoms with E-state index in [1.165, 1.54) is 19.1 Å². The third kappa shape index (κ3) is 10.8. The van der Waals surface area contributed by atoms with Crippen molar-refractivity contribution in [1.82, 2.24) is 10.2 Å². The molecule has 3 atom stereocenters. The van der Waals surface area contributed by atoms with Gasteiger partial charge in [-0.05, 0) is 120 Å². The summed E-state index contributed by atoms with van der Waals surface area (Å²) in [5, 5.41) is 2.79. The molecule has 0 unspecified atom stereocenters. The largest absolute Gasteiger partial charge is 0.498 e. The van der Waals surface area contributed by atoms with Crippen LogP contribution >= 0.6 is 22.6 Å². The van der Waals surface area contributed by atoms with Crippen LogP contribution in [0.15, 0.2) is 36.4 Å². The number of methoxy groups -OCH3 is 3. The average Bonchev–Trinajstić information content (AvgIpc) is 3.28. The number of carbonyl (C=O) groups excluding carboxylic acids is 4. The van der Waals surface area contributed by atoms with E-state index in [4.69, 9.17) is 28.3 Å². The third-order valence-electron chi connectivity index (χ3n) is 9.38. The monoisotopic (exact) mass is 836 g/mol. The van der Waals surface area contributed by atoms with Gasteiger partial charge in [0.05, 0.1) is 36.1 Å². The summed E-state index contributed by atoms with van der Waals surface area (Å²) in [6.45, 7) is 14.8. The molecule has 3 rings (SSSR count). The minimum atomic E-state index is -1.03. The zero-order chi connectivity index (χ0) is 39.2. The van der Waals surface area contributed by atoms with Gasteiger partial charge in [0.2, 0.25) is 5.91 Å². The molecule has 286 valence electrons. The van der Waals surface area contributed by atoms with Crippen LogP contribution in [0, 0.1) is 9.49 Å². The molecular weight excluding hydrogens is 782 g/mol. The van der Waals surface area contributed by atoms with Crippen LogP contribution in [-0.2, 0) is 39.6 Å². The number of likely N-dealkylation sites (N-methyl/N-ethyl adjacent to an activating group) is 1. The van der Waals surface area contributed by atoms with Gasteiger partial charge in [-0.1, -0.05) is 25.1 Å². The van der Waals surface area contributed by atoms with Crippen LogP contribution in [0.25, 0.3) is 0 Å². The van der Waals surface area contributed by atoms with Gasteiger partial charge in [-0.25, -0.2) is 9.59 Å². The van der Waals surface area contributed by atoms with Gasteiger partial charge in [0.25, 0.3) is 0 Å². The number of Topliss-reactive ketones (excluding diaryl/α,β-unsaturated/α-hetero) is 1. The Kier molecular flexibility index (Phi) is 14.6. The second-order valence-electron chi connectivity index (χ2n) is 15.1. The Morgan fingerprint density at radius 1 is 0.942 bits per heavy atom. The first-order valence-corrected chi connectivity index (χ1v) is 18.4. The molecule has 2 aromatic carbocycles. The maximum absolute atomic E-state index is 13.9. The molecule has 0 saturated carbocycles. The second kappa shape index (κ2) is 17.6. The van der Waals surface area contributed by atoms with Crippen LogP contribution < -0.4 is 20.3 Å². The van der Waals surface area contributed by atoms with Crippen LogP contribution in [0.5, 0.6) is 11.5 Å². The van der Waals surface area contributed by atoms with Crippen molar-refractivity contribution in [2.24, 2.45) is 5.92 Å². The molecule has 1 N–H and O–H groups in total. The highest BCUT2D eigenvalue weighted by molar-refractivity contribution is 14.1. The quantitative estimate of drug-likeness (QED) is 0.133. The van der Waals surface area contributed by atoms with Crippen molar-refractivity contribution >= 4 is 58.9 Å². The summed E-state index contributed by atoms with van der Waals surface area (Å²) >= 11 is 2.10. The molecule has 0 aliphatic carbocycles. The number of hydrogen-bond acceptors (Lipinski definition) is 10. The number of amides is 2. The van der Waals surface area contributed by atoms with Gasteiger partial charge in [0, 0.05) is 24.8 Å². The van der Waals surface area contributed by atoms with Gasteiger partial charge in [0.15, 0.2) is 5.78 Å². The van der Waals surface area contributed by atoms with Crippen LogP contribution in [0.2, 0.25) is 0 Å². The molecule has 1 aliphatic rings. The first kappa shape index (κ1) is 43.0. The van der Waals surface area contributed by atoms with Crippen LogP contribution in [0.1, 0.15) is 91.8 Å². The summed E-state index contributed by atoms with van der Waals surface area (Å²) in [5.41, 5.74) is 0.476. The Balaban J connectivity index is 1.72. The van der Waals surface area contributed by atoms with Gasteiger partial charge in [-0.2, -0.15) is 0 Å². The van der Waals surface area contributed by atoms with E-state index in [-0.39, 0.29) is 12.2 Å². The lowest BCUT2D eigenvalue weighted by Crippen LogP contribution is -2.45. The van der Waals surface area contributed by atoms with E-state index in [0.29, 0.717) is 36.3 Å². The van der Waals surface area contributed by atoms with E-state index in [9.17, 15) is 19.2 Å². The molecule has 0 aromatic heterocycles. The molecule has 1 fully saturated rings. The zero-order valence-electron chi connectivity index (χ0n) is 32.5. The van der Waals surface area contributed by atoms with Gasteiger partial charge in [-0.3, -0.25) is 14.5 Å². The van der Waals surface area contributed by atoms with Gasteiger partial charge >= 0.3 is 19.2 Å². The van der Waals surface area contributed by atoms with Crippen molar-refractivity contribution in [3.8, 4) is 11.5 Å². The fraction of sp³-hybridized carbons (Fsp3) is 0.579. The molecule has 0 spiro atoms. The topological polar surface area (TPSA) is 139 Å². The molecule has 0 radical (unpaired) electrons. The number of benzene rings is 2. The third-order valence-corrected chi connectivity index (χ3v) is 10.2. The number of esters is 1. The zero-order valence-corrected chi connectivity index (χ0v) is 34.7. The molecule has 1 saturated heterocycles. The number of ether oxygens (including phenoxy) is 4. The molecule has 2 amide bonds. The van der Waals surface area contributed by atoms with E-state index >= 15 is 0 Å². The maximum Gasteiger partial charge on any atom is 0.498 e. The summed E-state index contributed by atoms with van der Waals surface area (Å²) in [4.78, 5) is 54.5. The first-order chi connectivity index (χ1) is 24.1. The molecule has 14 heteroatoms. The number of nitrogens with one attached hydrogen (secondary N) is 1. The van der Waals surface area contributed by atoms with Gasteiger partial charge in [0.1, 0.15) is 29.2 Å². The van der Waals surface area contributed by atoms with Crippen molar-refractivity contribution in [3.05, 3.63) is 51.1 Å². The molecule has 0 bridgehead atoms. The predicted molar refractivity (Wildman–Crippen MR) is 207 cm³/mol. The Hall–Kier alpha value is -3.37. The first-order valence-electron chi connectivity index (χ1n) is 17.4. The van der Waals surface area contributed by atoms with E-state index < -0.39 is 59.9 Å². The normalized spacial score (nSPS) is 16.7. The Bertz CT molecular complexity index is 1590. The van der Waals surface area contributed by atoms with Crippen molar-refractivity contribution < 1.29 is 47.4 Å². The lowest BCUT2D eigenvalue weighted by Gasteiger charge is -2.32. The van der Waals surface area contributed by atoms with Crippen molar-refractivity contribution in [1.29, 1.82) is 0 Å². The van der Waals surface area contributed by atoms with Crippen molar-refractivity contribution in [3.63, 3.8) is 0 Å². The number of aryl methyl sites for hydroxylation is 1. The minimum absolute atomic E-state index is 0.201. The van der Waals surface area contributed by atoms with E-state index in [0.717, 1.165) is 14.6 Å². The highest BCUT2D eigenvalue weighted by atomic mass is 127. The Morgan fingerprint density at radius 3 is 2.08 bits per heavy atom. The van der Waals surface area contributed by atoms with Crippen molar-refractivity contribution in [2.45, 2.75) is 110 Å². The Labute approximate surface area is 322 Å². The van der Waals surface area contributed by atoms with E-state index in [1.54, 1.807) is 60.1 Å². The van der Waals surface area contributed by atoms with Crippen LogP contribution in [0.4, 0.5) is 4.79 Å². The molecule has 52 heavy (non-hydrogen) atoms. The number of halogens is 1. The van der Waals surface area contributed by atoms with Gasteiger partial charge in [-0.15, -0.1) is 0 Å². The summed E-state index contributed by atoms with van der Waals surface area (Å²) in [6.07, 6.45) is 0.549. The van der Waals surface area contributed by atoms with Crippen LogP contribution in [-0.4, -0.2) is 87.0 Å². The summed E-state index contributed by atoms with van der Waals surface area (Å²) in [7, 11) is 5.30. The second-order valence-corrected chi connectivity index (χ2v) is 16.3. The number of rotatable bonds is 15. The lowest BCUT2D eigenvalue weighted by atomic mass is 9.77. The predicted octanol–water partition coefficient (Wildman–Crippen LogP) is 5.79. The maximum atomic E-state index is 13.9. The fourth-order valence-electron chi connectivity index (χ4n) is 5.73. The summed E-state index contributed by atoms with van der Waals surface area (Å²) < 4.78 is 34.8. The average molecular weight is 837 g/mol. The summed E-state index contributed by atoms with van der Waals surface area (Å²) in [5.74, 6) is -1.00. The number of carbonyl (C=O) groups is 4. The highest BCUT2D eigenvalue weighted by Gasteiger charge is 2.52. The number of hydrogen-bond donors (Lipinski definition) is 1. The smallest absolute Gasteiger partial charge is 0.497 e. The number of nitrogens with zero attached hydrogens (tertiary/aromatic N) is 1. The standard InChI is InChI=1S/C38H54BIN2O10/c1-23(20-29(43)32(42(9)35(46)50-36(2,3)4)25-17-19-31(48-11)27(40)22-25)33(44)41-28(34(45)49-12)15-13-14-24-16-18-30(47-10)26(21-24)39-51-37(5,6)38(7,8)52-39/h16-19,21-23,28,32H,13-15,20H2,1-12H3,(H,41,44)/t23-,28+,32+/m1/s1. The van der Waals surface area contributed by atoms with Crippen molar-refractivity contribution in [2.75, 3.05) is 28.4 Å². The SMILES string of the molecule is COC(=O)[C@H](CCCc1ccc(OC)c(B2OC(C)(C)C(C)(C)O2)c1)NC(=O)[C@H](C)CC(=O)[C@H](c1ccc(OC)c(I)c1)N(C)C(=O)OC(C)(C)C. The highest BCUT2D eigenvalue weighted by Crippen LogP contribution is 2.37. The van der Waals surface area contributed by atoms with E-state index in [2.05, 4.69) is 27.9 Å². The molecular formula is C38H54BIN2O10. The molecule has 1 aliphatic heterocycles. The minimum Gasteiger partial charge on any atom is -0.497 e. The van der Waals surface area contributed by atoms with Gasteiger partial charge < -0.3 is 33.6 Å². The Morgan fingerprint density at radius 2 is 1.54 bits per heavy atom. The number of ketones is 1. The molecule has 12 nitrogen and oxygen atoms in total. The molecule has 1 heterocycles. The summed E-state index contributed by atoms with van der Waals surface area (Å²) in [6, 6.07) is 9.03. The lowest BCUT2D eigenvalue weighted by molar-refractivity contribution is -0.145. The fourth-order valence-corrected chi connectivity index (χ4v) is 6.49. The van der Waals surface area contributed by atoms with Crippen LogP contribution in [0.3, 0.4) is 0 Å². The van der Waals surface area contributed by atoms with E-state index in [1.807, 2.05) is 45.9 Å².